The summed E-state index contributed by atoms with van der Waals surface area (Å²) >= 11 is 0. The number of halogens is 4. The van der Waals surface area contributed by atoms with E-state index in [0.717, 1.165) is 0 Å². The second-order valence-corrected chi connectivity index (χ2v) is 5.23. The Morgan fingerprint density at radius 2 is 2.18 bits per heavy atom. The zero-order valence-corrected chi connectivity index (χ0v) is 12.3. The lowest BCUT2D eigenvalue weighted by Crippen LogP contribution is -2.43. The molecular formula is C12H22F4N4O2. The number of alkyl halides is 4. The first-order chi connectivity index (χ1) is 10.2. The molecule has 0 aromatic heterocycles. The molecule has 1 aliphatic heterocycles. The number of hydrogen-bond donors (Lipinski definition) is 3. The normalized spacial score (nSPS) is 24.3. The molecule has 0 aromatic carbocycles. The third-order valence-corrected chi connectivity index (χ3v) is 3.35. The van der Waals surface area contributed by atoms with Gasteiger partial charge >= 0.3 is 12.2 Å². The summed E-state index contributed by atoms with van der Waals surface area (Å²) in [6.45, 7) is -1.35. The van der Waals surface area contributed by atoms with E-state index in [1.54, 1.807) is 4.90 Å². The van der Waals surface area contributed by atoms with Crippen molar-refractivity contribution in [1.29, 1.82) is 0 Å². The Kier molecular flexibility index (Phi) is 7.30. The summed E-state index contributed by atoms with van der Waals surface area (Å²) < 4.78 is 54.4. The van der Waals surface area contributed by atoms with Crippen LogP contribution in [0.15, 0.2) is 0 Å². The highest BCUT2D eigenvalue weighted by atomic mass is 19.4. The SMILES string of the molecule is CNC(=O)N[C@@H]1C[C@@H](COCC(F)(F)F)N(C[C@@H](F)CN)C1. The van der Waals surface area contributed by atoms with Crippen LogP contribution in [0, 0.1) is 0 Å². The van der Waals surface area contributed by atoms with Crippen LogP contribution in [0.3, 0.4) is 0 Å². The van der Waals surface area contributed by atoms with Crippen molar-refractivity contribution >= 4 is 6.03 Å². The molecule has 130 valence electrons. The van der Waals surface area contributed by atoms with Gasteiger partial charge in [-0.05, 0) is 6.42 Å². The summed E-state index contributed by atoms with van der Waals surface area (Å²) in [6.07, 6.45) is -5.28. The highest BCUT2D eigenvalue weighted by Crippen LogP contribution is 2.21. The Morgan fingerprint density at radius 1 is 1.50 bits per heavy atom. The molecule has 0 radical (unpaired) electrons. The number of ether oxygens (including phenoxy) is 1. The molecule has 1 saturated heterocycles. The van der Waals surface area contributed by atoms with Crippen LogP contribution in [0.5, 0.6) is 0 Å². The molecule has 0 bridgehead atoms. The van der Waals surface area contributed by atoms with E-state index < -0.39 is 31.0 Å². The average molecular weight is 330 g/mol. The van der Waals surface area contributed by atoms with Gasteiger partial charge in [-0.25, -0.2) is 9.18 Å². The Morgan fingerprint density at radius 3 is 2.73 bits per heavy atom. The third kappa shape index (κ3) is 6.75. The fourth-order valence-corrected chi connectivity index (χ4v) is 2.38. The van der Waals surface area contributed by atoms with Crippen LogP contribution >= 0.6 is 0 Å². The highest BCUT2D eigenvalue weighted by molar-refractivity contribution is 5.73. The van der Waals surface area contributed by atoms with E-state index in [1.807, 2.05) is 0 Å². The minimum Gasteiger partial charge on any atom is -0.370 e. The lowest BCUT2D eigenvalue weighted by atomic mass is 10.2. The fourth-order valence-electron chi connectivity index (χ4n) is 2.38. The monoisotopic (exact) mass is 330 g/mol. The minimum absolute atomic E-state index is 0.00245. The summed E-state index contributed by atoms with van der Waals surface area (Å²) in [5.74, 6) is 0. The van der Waals surface area contributed by atoms with Crippen LogP contribution in [-0.2, 0) is 4.74 Å². The smallest absolute Gasteiger partial charge is 0.370 e. The van der Waals surface area contributed by atoms with E-state index in [0.29, 0.717) is 13.0 Å². The molecule has 4 N–H and O–H groups in total. The van der Waals surface area contributed by atoms with Crippen LogP contribution in [0.1, 0.15) is 6.42 Å². The lowest BCUT2D eigenvalue weighted by Gasteiger charge is -2.25. The number of nitrogens with two attached hydrogens (primary N) is 1. The molecule has 0 aliphatic carbocycles. The van der Waals surface area contributed by atoms with Gasteiger partial charge < -0.3 is 21.1 Å². The maximum absolute atomic E-state index is 13.4. The van der Waals surface area contributed by atoms with Gasteiger partial charge in [0.25, 0.3) is 0 Å². The van der Waals surface area contributed by atoms with E-state index in [9.17, 15) is 22.4 Å². The molecule has 1 rings (SSSR count). The third-order valence-electron chi connectivity index (χ3n) is 3.35. The van der Waals surface area contributed by atoms with Gasteiger partial charge in [0, 0.05) is 38.8 Å². The predicted molar refractivity (Wildman–Crippen MR) is 72.2 cm³/mol. The Hall–Kier alpha value is -1.13. The predicted octanol–water partition coefficient (Wildman–Crippen LogP) is 0.234. The van der Waals surface area contributed by atoms with Gasteiger partial charge in [-0.1, -0.05) is 0 Å². The number of hydrogen-bond acceptors (Lipinski definition) is 4. The number of amides is 2. The summed E-state index contributed by atoms with van der Waals surface area (Å²) in [7, 11) is 1.46. The van der Waals surface area contributed by atoms with Crippen molar-refractivity contribution < 1.29 is 27.1 Å². The largest absolute Gasteiger partial charge is 0.411 e. The number of nitrogens with one attached hydrogen (secondary N) is 2. The van der Waals surface area contributed by atoms with Crippen molar-refractivity contribution in [3.8, 4) is 0 Å². The van der Waals surface area contributed by atoms with Gasteiger partial charge in [0.15, 0.2) is 0 Å². The van der Waals surface area contributed by atoms with Gasteiger partial charge in [0.2, 0.25) is 0 Å². The fraction of sp³-hybridized carbons (Fsp3) is 0.917. The minimum atomic E-state index is -4.40. The van der Waals surface area contributed by atoms with Crippen molar-refractivity contribution in [2.24, 2.45) is 5.73 Å². The summed E-state index contributed by atoms with van der Waals surface area (Å²) in [5.41, 5.74) is 5.23. The second-order valence-electron chi connectivity index (χ2n) is 5.23. The van der Waals surface area contributed by atoms with Crippen molar-refractivity contribution in [3.05, 3.63) is 0 Å². The molecule has 22 heavy (non-hydrogen) atoms. The molecule has 0 saturated carbocycles. The molecule has 1 heterocycles. The van der Waals surface area contributed by atoms with Gasteiger partial charge in [0.1, 0.15) is 12.8 Å². The molecule has 0 unspecified atom stereocenters. The molecule has 6 nitrogen and oxygen atoms in total. The van der Waals surface area contributed by atoms with Crippen molar-refractivity contribution in [2.75, 3.05) is 39.9 Å². The van der Waals surface area contributed by atoms with E-state index in [4.69, 9.17) is 5.73 Å². The maximum Gasteiger partial charge on any atom is 0.411 e. The second kappa shape index (κ2) is 8.49. The van der Waals surface area contributed by atoms with Crippen LogP contribution in [0.4, 0.5) is 22.4 Å². The first kappa shape index (κ1) is 18.9. The van der Waals surface area contributed by atoms with Gasteiger partial charge in [0.05, 0.1) is 6.61 Å². The Balaban J connectivity index is 2.54. The number of carbonyl (C=O) groups excluding carboxylic acids is 1. The zero-order chi connectivity index (χ0) is 16.8. The molecule has 10 heteroatoms. The van der Waals surface area contributed by atoms with Crippen LogP contribution in [-0.4, -0.2) is 75.3 Å². The standard InChI is InChI=1S/C12H22F4N4O2/c1-18-11(21)19-9-2-10(6-22-7-12(14,15)16)20(5-9)4-8(13)3-17/h8-10H,2-7,17H2,1H3,(H2,18,19,21)/t8-,9+,10-/m0/s1. The number of urea groups is 1. The van der Waals surface area contributed by atoms with E-state index in [-0.39, 0.29) is 25.7 Å². The summed E-state index contributed by atoms with van der Waals surface area (Å²) in [6, 6.07) is -1.06. The van der Waals surface area contributed by atoms with E-state index in [1.165, 1.54) is 7.05 Å². The molecule has 0 aromatic rings. The molecular weight excluding hydrogens is 308 g/mol. The first-order valence-corrected chi connectivity index (χ1v) is 6.96. The van der Waals surface area contributed by atoms with E-state index >= 15 is 0 Å². The molecule has 1 aliphatic rings. The Bertz CT molecular complexity index is 357. The van der Waals surface area contributed by atoms with Crippen molar-refractivity contribution in [3.63, 3.8) is 0 Å². The number of carbonyl (C=O) groups is 1. The van der Waals surface area contributed by atoms with E-state index in [2.05, 4.69) is 15.4 Å². The first-order valence-electron chi connectivity index (χ1n) is 6.96. The zero-order valence-electron chi connectivity index (χ0n) is 12.3. The van der Waals surface area contributed by atoms with Crippen molar-refractivity contribution in [2.45, 2.75) is 30.9 Å². The number of likely N-dealkylation sites (tertiary alicyclic amines) is 1. The number of nitrogens with zero attached hydrogens (tertiary/aromatic N) is 1. The average Bonchev–Trinajstić information content (AvgIpc) is 2.78. The van der Waals surface area contributed by atoms with Gasteiger partial charge in [-0.2, -0.15) is 13.2 Å². The van der Waals surface area contributed by atoms with Gasteiger partial charge in [-0.3, -0.25) is 4.90 Å². The highest BCUT2D eigenvalue weighted by Gasteiger charge is 2.35. The lowest BCUT2D eigenvalue weighted by molar-refractivity contribution is -0.176. The van der Waals surface area contributed by atoms with Crippen LogP contribution in [0.2, 0.25) is 0 Å². The quantitative estimate of drug-likeness (QED) is 0.584. The summed E-state index contributed by atoms with van der Waals surface area (Å²) in [5, 5.41) is 5.06. The summed E-state index contributed by atoms with van der Waals surface area (Å²) in [4.78, 5) is 13.0. The molecule has 3 atom stereocenters. The Labute approximate surface area is 126 Å². The number of rotatable bonds is 7. The van der Waals surface area contributed by atoms with Crippen LogP contribution in [0.25, 0.3) is 0 Å². The maximum atomic E-state index is 13.4. The molecule has 0 spiro atoms. The molecule has 2 amide bonds. The topological polar surface area (TPSA) is 79.6 Å². The molecule has 1 fully saturated rings. The van der Waals surface area contributed by atoms with Crippen LogP contribution < -0.4 is 16.4 Å². The van der Waals surface area contributed by atoms with Crippen molar-refractivity contribution in [1.82, 2.24) is 15.5 Å². The van der Waals surface area contributed by atoms with Gasteiger partial charge in [-0.15, -0.1) is 0 Å².